The molecular weight excluding hydrogens is 350 g/mol. The van der Waals surface area contributed by atoms with Crippen molar-refractivity contribution in [3.8, 4) is 16.9 Å². The third kappa shape index (κ3) is 3.42. The number of para-hydroxylation sites is 1. The minimum absolute atomic E-state index is 0.0991. The summed E-state index contributed by atoms with van der Waals surface area (Å²) in [6.07, 6.45) is 3.44. The maximum atomic E-state index is 11.8. The van der Waals surface area contributed by atoms with Gasteiger partial charge in [-0.05, 0) is 44.0 Å². The second kappa shape index (κ2) is 7.55. The second-order valence-electron chi connectivity index (χ2n) is 7.54. The Labute approximate surface area is 167 Å². The largest absolute Gasteiger partial charge is 0.496 e. The van der Waals surface area contributed by atoms with E-state index in [1.54, 1.807) is 7.11 Å². The Balaban J connectivity index is 2.26. The first-order chi connectivity index (χ1) is 13.3. The van der Waals surface area contributed by atoms with E-state index in [4.69, 9.17) is 9.47 Å². The molecule has 0 unspecified atom stereocenters. The number of fused-ring (bicyclic) bond motifs is 1. The van der Waals surface area contributed by atoms with Gasteiger partial charge in [-0.25, -0.2) is 4.79 Å². The third-order valence-electron chi connectivity index (χ3n) is 5.40. The summed E-state index contributed by atoms with van der Waals surface area (Å²) in [5.41, 5.74) is 6.22. The molecule has 4 heteroatoms. The lowest BCUT2D eigenvalue weighted by Gasteiger charge is -2.41. The zero-order valence-corrected chi connectivity index (χ0v) is 17.2. The smallest absolute Gasteiger partial charge is 0.330 e. The third-order valence-corrected chi connectivity index (χ3v) is 5.40. The van der Waals surface area contributed by atoms with Gasteiger partial charge < -0.3 is 14.4 Å². The Morgan fingerprint density at radius 1 is 1.18 bits per heavy atom. The monoisotopic (exact) mass is 377 g/mol. The fourth-order valence-electron chi connectivity index (χ4n) is 3.84. The predicted octanol–water partition coefficient (Wildman–Crippen LogP) is 5.22. The van der Waals surface area contributed by atoms with Crippen molar-refractivity contribution in [2.75, 3.05) is 19.1 Å². The highest BCUT2D eigenvalue weighted by Gasteiger charge is 2.31. The van der Waals surface area contributed by atoms with Crippen molar-refractivity contribution in [2.45, 2.75) is 32.9 Å². The summed E-state index contributed by atoms with van der Waals surface area (Å²) < 4.78 is 11.0. The quantitative estimate of drug-likeness (QED) is 0.529. The van der Waals surface area contributed by atoms with E-state index in [9.17, 15) is 4.79 Å². The van der Waals surface area contributed by atoms with Crippen LogP contribution in [0.1, 0.15) is 31.9 Å². The van der Waals surface area contributed by atoms with Gasteiger partial charge in [0, 0.05) is 35.5 Å². The Bertz CT molecular complexity index is 956. The van der Waals surface area contributed by atoms with Gasteiger partial charge in [-0.2, -0.15) is 0 Å². The molecule has 0 saturated heterocycles. The van der Waals surface area contributed by atoms with Crippen molar-refractivity contribution in [3.63, 3.8) is 0 Å². The van der Waals surface area contributed by atoms with Crippen molar-refractivity contribution < 1.29 is 14.3 Å². The van der Waals surface area contributed by atoms with E-state index in [-0.39, 0.29) is 12.1 Å². The standard InChI is InChI=1S/C24H27NO3/c1-7-22(26)28-15-19-17(18-10-8-9-11-21(18)27-6)12-13-20-23(19)16(2)14-24(3,4)25(20)5/h7-14H,1,15H2,2-6H3. The van der Waals surface area contributed by atoms with Gasteiger partial charge in [0.1, 0.15) is 12.4 Å². The van der Waals surface area contributed by atoms with Gasteiger partial charge >= 0.3 is 5.97 Å². The molecule has 146 valence electrons. The molecule has 0 atom stereocenters. The van der Waals surface area contributed by atoms with Crippen LogP contribution in [0.25, 0.3) is 16.7 Å². The summed E-state index contributed by atoms with van der Waals surface area (Å²) in [6.45, 7) is 10.1. The van der Waals surface area contributed by atoms with Gasteiger partial charge in [-0.1, -0.05) is 36.9 Å². The average molecular weight is 377 g/mol. The number of likely N-dealkylation sites (N-methyl/N-ethyl adjacent to an activating group) is 1. The fourth-order valence-corrected chi connectivity index (χ4v) is 3.84. The molecular formula is C24H27NO3. The lowest BCUT2D eigenvalue weighted by Crippen LogP contribution is -2.42. The maximum Gasteiger partial charge on any atom is 0.330 e. The van der Waals surface area contributed by atoms with Gasteiger partial charge in [0.05, 0.1) is 12.6 Å². The molecule has 0 fully saturated rings. The van der Waals surface area contributed by atoms with Crippen LogP contribution in [0.15, 0.2) is 55.1 Å². The zero-order chi connectivity index (χ0) is 20.5. The minimum Gasteiger partial charge on any atom is -0.496 e. The van der Waals surface area contributed by atoms with Crippen LogP contribution < -0.4 is 9.64 Å². The summed E-state index contributed by atoms with van der Waals surface area (Å²) in [5, 5.41) is 0. The Morgan fingerprint density at radius 2 is 1.89 bits per heavy atom. The summed E-state index contributed by atoms with van der Waals surface area (Å²) in [7, 11) is 3.75. The summed E-state index contributed by atoms with van der Waals surface area (Å²) in [5.74, 6) is 0.347. The second-order valence-corrected chi connectivity index (χ2v) is 7.54. The van der Waals surface area contributed by atoms with E-state index in [0.29, 0.717) is 0 Å². The molecule has 0 aromatic heterocycles. The Hall–Kier alpha value is -3.01. The zero-order valence-electron chi connectivity index (χ0n) is 17.2. The minimum atomic E-state index is -0.435. The number of hydrogen-bond acceptors (Lipinski definition) is 4. The van der Waals surface area contributed by atoms with Crippen LogP contribution in [0.2, 0.25) is 0 Å². The topological polar surface area (TPSA) is 38.8 Å². The normalized spacial score (nSPS) is 14.8. The van der Waals surface area contributed by atoms with Crippen LogP contribution in [0.4, 0.5) is 5.69 Å². The van der Waals surface area contributed by atoms with Gasteiger partial charge in [0.15, 0.2) is 0 Å². The number of methoxy groups -OCH3 is 1. The van der Waals surface area contributed by atoms with Crippen molar-refractivity contribution in [2.24, 2.45) is 0 Å². The molecule has 0 radical (unpaired) electrons. The molecule has 2 aromatic rings. The van der Waals surface area contributed by atoms with E-state index in [1.165, 1.54) is 11.6 Å². The highest BCUT2D eigenvalue weighted by molar-refractivity contribution is 5.89. The van der Waals surface area contributed by atoms with Crippen LogP contribution in [-0.4, -0.2) is 25.7 Å². The van der Waals surface area contributed by atoms with Crippen LogP contribution in [0.3, 0.4) is 0 Å². The number of esters is 1. The number of ether oxygens (including phenoxy) is 2. The molecule has 1 aliphatic rings. The summed E-state index contributed by atoms with van der Waals surface area (Å²) in [6, 6.07) is 12.1. The fraction of sp³-hybridized carbons (Fsp3) is 0.292. The SMILES string of the molecule is C=CC(=O)OCc1c(-c2ccccc2OC)ccc2c1C(C)=CC(C)(C)N2C. The molecule has 0 saturated carbocycles. The molecule has 1 heterocycles. The number of carbonyl (C=O) groups excluding carboxylic acids is 1. The van der Waals surface area contributed by atoms with E-state index in [1.807, 2.05) is 24.3 Å². The van der Waals surface area contributed by atoms with Crippen LogP contribution >= 0.6 is 0 Å². The number of benzene rings is 2. The van der Waals surface area contributed by atoms with E-state index in [0.717, 1.165) is 33.7 Å². The van der Waals surface area contributed by atoms with E-state index >= 15 is 0 Å². The molecule has 0 bridgehead atoms. The molecule has 1 aliphatic heterocycles. The van der Waals surface area contributed by atoms with Crippen LogP contribution in [-0.2, 0) is 16.1 Å². The number of rotatable bonds is 5. The first-order valence-electron chi connectivity index (χ1n) is 9.32. The van der Waals surface area contributed by atoms with E-state index < -0.39 is 5.97 Å². The summed E-state index contributed by atoms with van der Waals surface area (Å²) >= 11 is 0. The van der Waals surface area contributed by atoms with Crippen molar-refractivity contribution in [1.29, 1.82) is 0 Å². The van der Waals surface area contributed by atoms with Crippen LogP contribution in [0, 0.1) is 0 Å². The predicted molar refractivity (Wildman–Crippen MR) is 115 cm³/mol. The lowest BCUT2D eigenvalue weighted by atomic mass is 9.84. The molecule has 0 amide bonds. The molecule has 3 rings (SSSR count). The first kappa shape index (κ1) is 19.7. The average Bonchev–Trinajstić information content (AvgIpc) is 2.69. The van der Waals surface area contributed by atoms with Gasteiger partial charge in [-0.15, -0.1) is 0 Å². The number of carbonyl (C=O) groups is 1. The van der Waals surface area contributed by atoms with Gasteiger partial charge in [0.2, 0.25) is 0 Å². The molecule has 0 aliphatic carbocycles. The highest BCUT2D eigenvalue weighted by atomic mass is 16.5. The van der Waals surface area contributed by atoms with Crippen molar-refractivity contribution >= 4 is 17.2 Å². The first-order valence-corrected chi connectivity index (χ1v) is 9.32. The molecule has 2 aromatic carbocycles. The number of allylic oxidation sites excluding steroid dienone is 1. The molecule has 4 nitrogen and oxygen atoms in total. The Morgan fingerprint density at radius 3 is 2.57 bits per heavy atom. The molecule has 28 heavy (non-hydrogen) atoms. The van der Waals surface area contributed by atoms with Gasteiger partial charge in [-0.3, -0.25) is 0 Å². The van der Waals surface area contributed by atoms with Crippen LogP contribution in [0.5, 0.6) is 5.75 Å². The highest BCUT2D eigenvalue weighted by Crippen LogP contribution is 2.44. The molecule has 0 N–H and O–H groups in total. The number of anilines is 1. The summed E-state index contributed by atoms with van der Waals surface area (Å²) in [4.78, 5) is 14.0. The molecule has 0 spiro atoms. The maximum absolute atomic E-state index is 11.8. The van der Waals surface area contributed by atoms with E-state index in [2.05, 4.69) is 57.5 Å². The van der Waals surface area contributed by atoms with Gasteiger partial charge in [0.25, 0.3) is 0 Å². The Kier molecular flexibility index (Phi) is 5.32. The lowest BCUT2D eigenvalue weighted by molar-refractivity contribution is -0.138. The van der Waals surface area contributed by atoms with Crippen molar-refractivity contribution in [1.82, 2.24) is 0 Å². The number of nitrogens with zero attached hydrogens (tertiary/aromatic N) is 1. The van der Waals surface area contributed by atoms with Crippen molar-refractivity contribution in [3.05, 3.63) is 66.3 Å². The number of hydrogen-bond donors (Lipinski definition) is 0.